The molecule has 0 saturated heterocycles. The Labute approximate surface area is 78.5 Å². The fourth-order valence-electron chi connectivity index (χ4n) is 1.12. The first kappa shape index (κ1) is 8.25. The number of amides is 1. The van der Waals surface area contributed by atoms with Crippen LogP contribution in [0.25, 0.3) is 0 Å². The first-order valence-electron chi connectivity index (χ1n) is 3.81. The molecule has 1 aliphatic rings. The van der Waals surface area contributed by atoms with Crippen molar-refractivity contribution in [3.63, 3.8) is 0 Å². The topological polar surface area (TPSA) is 55.4 Å². The molecule has 0 aliphatic carbocycles. The van der Waals surface area contributed by atoms with Gasteiger partial charge in [-0.15, -0.1) is 0 Å². The summed E-state index contributed by atoms with van der Waals surface area (Å²) in [5.74, 6) is -0.170. The van der Waals surface area contributed by atoms with Crippen molar-refractivity contribution >= 4 is 23.5 Å². The Morgan fingerprint density at radius 3 is 3.23 bits per heavy atom. The summed E-state index contributed by atoms with van der Waals surface area (Å²) < 4.78 is 5.28. The molecule has 4 nitrogen and oxygen atoms in total. The average Bonchev–Trinajstić information content (AvgIpc) is 2.48. The molecular formula is C8H7NO3S. The molecule has 1 aliphatic heterocycles. The second-order valence-electron chi connectivity index (χ2n) is 2.57. The smallest absolute Gasteiger partial charge is 0.256 e. The molecule has 1 amide bonds. The Bertz CT molecular complexity index is 358. The molecule has 13 heavy (non-hydrogen) atoms. The zero-order valence-electron chi connectivity index (χ0n) is 6.70. The van der Waals surface area contributed by atoms with E-state index in [1.165, 1.54) is 11.3 Å². The summed E-state index contributed by atoms with van der Waals surface area (Å²) in [5, 5.41) is 3.20. The van der Waals surface area contributed by atoms with Gasteiger partial charge in [0.2, 0.25) is 0 Å². The third kappa shape index (κ3) is 1.42. The largest absolute Gasteiger partial charge is 0.481 e. The Kier molecular flexibility index (Phi) is 2.02. The molecular weight excluding hydrogens is 190 g/mol. The number of carbonyl (C=O) groups is 2. The molecule has 1 aromatic heterocycles. The van der Waals surface area contributed by atoms with Crippen molar-refractivity contribution in [2.24, 2.45) is 0 Å². The van der Waals surface area contributed by atoms with Crippen LogP contribution in [0.2, 0.25) is 0 Å². The van der Waals surface area contributed by atoms with E-state index in [1.54, 1.807) is 6.07 Å². The van der Waals surface area contributed by atoms with Gasteiger partial charge in [-0.3, -0.25) is 9.59 Å². The molecule has 0 atom stereocenters. The van der Waals surface area contributed by atoms with E-state index in [2.05, 4.69) is 5.32 Å². The maximum absolute atomic E-state index is 11.3. The van der Waals surface area contributed by atoms with Gasteiger partial charge in [0.25, 0.3) is 5.91 Å². The minimum atomic E-state index is -0.170. The third-order valence-corrected chi connectivity index (χ3v) is 2.67. The van der Waals surface area contributed by atoms with E-state index < -0.39 is 0 Å². The predicted octanol–water partition coefficient (Wildman–Crippen LogP) is 0.683. The zero-order valence-corrected chi connectivity index (χ0v) is 7.52. The van der Waals surface area contributed by atoms with E-state index in [1.807, 2.05) is 0 Å². The van der Waals surface area contributed by atoms with Crippen LogP contribution in [-0.4, -0.2) is 25.3 Å². The second-order valence-corrected chi connectivity index (χ2v) is 3.62. The van der Waals surface area contributed by atoms with Crippen LogP contribution in [0.1, 0.15) is 20.0 Å². The lowest BCUT2D eigenvalue weighted by Crippen LogP contribution is -2.24. The summed E-state index contributed by atoms with van der Waals surface area (Å²) in [5.41, 5.74) is 0.463. The minimum absolute atomic E-state index is 0.170. The van der Waals surface area contributed by atoms with Crippen LogP contribution in [0, 0.1) is 0 Å². The van der Waals surface area contributed by atoms with E-state index in [0.717, 1.165) is 6.29 Å². The SMILES string of the molecule is O=Cc1cc2c(s1)OCCNC2=O. The number of thiophene rings is 1. The maximum Gasteiger partial charge on any atom is 0.256 e. The molecule has 0 saturated carbocycles. The van der Waals surface area contributed by atoms with Crippen molar-refractivity contribution in [1.82, 2.24) is 5.32 Å². The van der Waals surface area contributed by atoms with Crippen LogP contribution < -0.4 is 10.1 Å². The third-order valence-electron chi connectivity index (χ3n) is 1.70. The van der Waals surface area contributed by atoms with Crippen LogP contribution in [0.3, 0.4) is 0 Å². The lowest BCUT2D eigenvalue weighted by Gasteiger charge is -1.96. The molecule has 2 rings (SSSR count). The first-order valence-corrected chi connectivity index (χ1v) is 4.63. The predicted molar refractivity (Wildman–Crippen MR) is 47.5 cm³/mol. The van der Waals surface area contributed by atoms with Gasteiger partial charge in [-0.1, -0.05) is 11.3 Å². The fourth-order valence-corrected chi connectivity index (χ4v) is 1.96. The molecule has 2 heterocycles. The molecule has 0 unspecified atom stereocenters. The number of ether oxygens (including phenoxy) is 1. The quantitative estimate of drug-likeness (QED) is 0.674. The zero-order chi connectivity index (χ0) is 9.26. The molecule has 5 heteroatoms. The fraction of sp³-hybridized carbons (Fsp3) is 0.250. The minimum Gasteiger partial charge on any atom is -0.481 e. The van der Waals surface area contributed by atoms with Crippen LogP contribution in [0.4, 0.5) is 0 Å². The monoisotopic (exact) mass is 197 g/mol. The molecule has 0 aromatic carbocycles. The van der Waals surface area contributed by atoms with Crippen molar-refractivity contribution < 1.29 is 14.3 Å². The van der Waals surface area contributed by atoms with Gasteiger partial charge in [0, 0.05) is 0 Å². The first-order chi connectivity index (χ1) is 6.31. The molecule has 0 radical (unpaired) electrons. The van der Waals surface area contributed by atoms with Crippen LogP contribution in [-0.2, 0) is 0 Å². The summed E-state index contributed by atoms with van der Waals surface area (Å²) in [4.78, 5) is 22.3. The summed E-state index contributed by atoms with van der Waals surface area (Å²) in [7, 11) is 0. The van der Waals surface area contributed by atoms with Crippen molar-refractivity contribution in [3.05, 3.63) is 16.5 Å². The van der Waals surface area contributed by atoms with Gasteiger partial charge in [-0.2, -0.15) is 0 Å². The van der Waals surface area contributed by atoms with E-state index >= 15 is 0 Å². The van der Waals surface area contributed by atoms with Gasteiger partial charge in [0.1, 0.15) is 6.61 Å². The van der Waals surface area contributed by atoms with Crippen molar-refractivity contribution in [3.8, 4) is 5.06 Å². The highest BCUT2D eigenvalue weighted by molar-refractivity contribution is 7.15. The lowest BCUT2D eigenvalue weighted by molar-refractivity contribution is 0.0957. The number of aldehydes is 1. The van der Waals surface area contributed by atoms with E-state index in [-0.39, 0.29) is 5.91 Å². The van der Waals surface area contributed by atoms with Gasteiger partial charge in [0.15, 0.2) is 11.3 Å². The lowest BCUT2D eigenvalue weighted by atomic mass is 10.3. The summed E-state index contributed by atoms with van der Waals surface area (Å²) >= 11 is 1.20. The number of hydrogen-bond acceptors (Lipinski definition) is 4. The number of fused-ring (bicyclic) bond motifs is 1. The summed E-state index contributed by atoms with van der Waals surface area (Å²) in [6.07, 6.45) is 0.718. The van der Waals surface area contributed by atoms with Crippen LogP contribution in [0.15, 0.2) is 6.07 Å². The highest BCUT2D eigenvalue weighted by Gasteiger charge is 2.19. The highest BCUT2D eigenvalue weighted by Crippen LogP contribution is 2.30. The normalized spacial score (nSPS) is 15.2. The molecule has 1 N–H and O–H groups in total. The van der Waals surface area contributed by atoms with Gasteiger partial charge >= 0.3 is 0 Å². The highest BCUT2D eigenvalue weighted by atomic mass is 32.1. The van der Waals surface area contributed by atoms with Gasteiger partial charge in [0.05, 0.1) is 17.0 Å². The Balaban J connectivity index is 2.44. The van der Waals surface area contributed by atoms with E-state index in [9.17, 15) is 9.59 Å². The van der Waals surface area contributed by atoms with Gasteiger partial charge < -0.3 is 10.1 Å². The van der Waals surface area contributed by atoms with Crippen LogP contribution >= 0.6 is 11.3 Å². The van der Waals surface area contributed by atoms with Crippen molar-refractivity contribution in [2.45, 2.75) is 0 Å². The number of carbonyl (C=O) groups excluding carboxylic acids is 2. The summed E-state index contributed by atoms with van der Waals surface area (Å²) in [6.45, 7) is 0.966. The Morgan fingerprint density at radius 2 is 2.46 bits per heavy atom. The molecule has 0 bridgehead atoms. The maximum atomic E-state index is 11.3. The van der Waals surface area contributed by atoms with Crippen LogP contribution in [0.5, 0.6) is 5.06 Å². The number of nitrogens with one attached hydrogen (secondary N) is 1. The molecule has 1 aromatic rings. The van der Waals surface area contributed by atoms with Crippen molar-refractivity contribution in [1.29, 1.82) is 0 Å². The number of rotatable bonds is 1. The van der Waals surface area contributed by atoms with Crippen molar-refractivity contribution in [2.75, 3.05) is 13.2 Å². The average molecular weight is 197 g/mol. The van der Waals surface area contributed by atoms with Gasteiger partial charge in [-0.05, 0) is 6.07 Å². The van der Waals surface area contributed by atoms with E-state index in [0.29, 0.717) is 28.7 Å². The Hall–Kier alpha value is -1.36. The standard InChI is InChI=1S/C8H7NO3S/c10-4-5-3-6-7(11)9-1-2-12-8(6)13-5/h3-4H,1-2H2,(H,9,11). The van der Waals surface area contributed by atoms with E-state index in [4.69, 9.17) is 4.74 Å². The number of hydrogen-bond donors (Lipinski definition) is 1. The Morgan fingerprint density at radius 1 is 1.62 bits per heavy atom. The van der Waals surface area contributed by atoms with Gasteiger partial charge in [-0.25, -0.2) is 0 Å². The molecule has 0 fully saturated rings. The molecule has 0 spiro atoms. The summed E-state index contributed by atoms with van der Waals surface area (Å²) in [6, 6.07) is 1.55. The second kappa shape index (κ2) is 3.18. The molecule has 68 valence electrons.